The highest BCUT2D eigenvalue weighted by Crippen LogP contribution is 2.17. The Morgan fingerprint density at radius 3 is 2.22 bits per heavy atom. The van der Waals surface area contributed by atoms with Gasteiger partial charge in [-0.2, -0.15) is 0 Å². The monoisotopic (exact) mass is 253 g/mol. The van der Waals surface area contributed by atoms with E-state index in [1.165, 1.54) is 13.8 Å². The van der Waals surface area contributed by atoms with Crippen molar-refractivity contribution < 1.29 is 18.7 Å². The lowest BCUT2D eigenvalue weighted by Crippen LogP contribution is -2.50. The summed E-state index contributed by atoms with van der Waals surface area (Å²) in [5, 5.41) is 0. The third kappa shape index (κ3) is 3.63. The predicted molar refractivity (Wildman–Crippen MR) is 65.0 cm³/mol. The van der Waals surface area contributed by atoms with E-state index in [1.54, 1.807) is 24.3 Å². The first-order chi connectivity index (χ1) is 8.37. The van der Waals surface area contributed by atoms with Crippen molar-refractivity contribution in [2.75, 3.05) is 6.67 Å². The predicted octanol–water partition coefficient (Wildman–Crippen LogP) is 1.41. The number of Topliss-reactive ketones (excluding diaryl/α,β-unsaturated/α-hetero) is 1. The molecule has 18 heavy (non-hydrogen) atoms. The van der Waals surface area contributed by atoms with E-state index in [0.29, 0.717) is 11.3 Å². The summed E-state index contributed by atoms with van der Waals surface area (Å²) in [6.45, 7) is 1.67. The SMILES string of the molecule is CC(=O)Oc1ccc(C[C@](N)(CF)C(C)=O)cc1. The highest BCUT2D eigenvalue weighted by molar-refractivity contribution is 5.86. The number of hydrogen-bond donors (Lipinski definition) is 1. The number of alkyl halides is 1. The van der Waals surface area contributed by atoms with E-state index in [9.17, 15) is 14.0 Å². The van der Waals surface area contributed by atoms with Gasteiger partial charge in [0.1, 0.15) is 18.0 Å². The summed E-state index contributed by atoms with van der Waals surface area (Å²) in [6, 6.07) is 6.46. The molecular weight excluding hydrogens is 237 g/mol. The van der Waals surface area contributed by atoms with Crippen molar-refractivity contribution in [1.82, 2.24) is 0 Å². The zero-order valence-electron chi connectivity index (χ0n) is 10.4. The lowest BCUT2D eigenvalue weighted by atomic mass is 9.89. The number of hydrogen-bond acceptors (Lipinski definition) is 4. The van der Waals surface area contributed by atoms with Crippen LogP contribution in [0.4, 0.5) is 4.39 Å². The number of ketones is 1. The number of ether oxygens (including phenoxy) is 1. The first-order valence-electron chi connectivity index (χ1n) is 5.50. The van der Waals surface area contributed by atoms with Gasteiger partial charge in [0, 0.05) is 13.3 Å². The first kappa shape index (κ1) is 14.3. The van der Waals surface area contributed by atoms with E-state index in [0.717, 1.165) is 0 Å². The molecule has 0 aliphatic heterocycles. The van der Waals surface area contributed by atoms with Gasteiger partial charge in [-0.25, -0.2) is 4.39 Å². The van der Waals surface area contributed by atoms with Crippen LogP contribution in [0.15, 0.2) is 24.3 Å². The van der Waals surface area contributed by atoms with E-state index >= 15 is 0 Å². The Kier molecular flexibility index (Phi) is 4.55. The van der Waals surface area contributed by atoms with Crippen molar-refractivity contribution in [3.63, 3.8) is 0 Å². The van der Waals surface area contributed by atoms with Gasteiger partial charge >= 0.3 is 5.97 Å². The number of carbonyl (C=O) groups is 2. The molecule has 0 saturated carbocycles. The molecule has 0 unspecified atom stereocenters. The maximum Gasteiger partial charge on any atom is 0.308 e. The average molecular weight is 253 g/mol. The molecule has 0 bridgehead atoms. The van der Waals surface area contributed by atoms with Gasteiger partial charge in [-0.15, -0.1) is 0 Å². The second kappa shape index (κ2) is 5.73. The molecule has 0 amide bonds. The minimum Gasteiger partial charge on any atom is -0.427 e. The van der Waals surface area contributed by atoms with E-state index < -0.39 is 24.0 Å². The van der Waals surface area contributed by atoms with Crippen molar-refractivity contribution in [1.29, 1.82) is 0 Å². The minimum atomic E-state index is -1.48. The second-order valence-electron chi connectivity index (χ2n) is 4.26. The van der Waals surface area contributed by atoms with Gasteiger partial charge in [0.05, 0.1) is 0 Å². The van der Waals surface area contributed by atoms with E-state index in [2.05, 4.69) is 0 Å². The fourth-order valence-electron chi connectivity index (χ4n) is 1.47. The Labute approximate surface area is 105 Å². The molecule has 0 saturated heterocycles. The molecule has 0 aromatic heterocycles. The number of halogens is 1. The van der Waals surface area contributed by atoms with Crippen molar-refractivity contribution in [2.45, 2.75) is 25.8 Å². The molecule has 0 radical (unpaired) electrons. The highest BCUT2D eigenvalue weighted by atomic mass is 19.1. The van der Waals surface area contributed by atoms with Crippen LogP contribution in [0.5, 0.6) is 5.75 Å². The smallest absolute Gasteiger partial charge is 0.308 e. The summed E-state index contributed by atoms with van der Waals surface area (Å²) in [5.74, 6) is -0.408. The zero-order valence-corrected chi connectivity index (χ0v) is 10.4. The van der Waals surface area contributed by atoms with Crippen LogP contribution in [0.3, 0.4) is 0 Å². The van der Waals surface area contributed by atoms with Crippen molar-refractivity contribution in [3.05, 3.63) is 29.8 Å². The van der Waals surface area contributed by atoms with Crippen molar-refractivity contribution >= 4 is 11.8 Å². The zero-order chi connectivity index (χ0) is 13.8. The maximum absolute atomic E-state index is 12.8. The molecule has 0 spiro atoms. The van der Waals surface area contributed by atoms with Gasteiger partial charge in [-0.3, -0.25) is 9.59 Å². The summed E-state index contributed by atoms with van der Waals surface area (Å²) >= 11 is 0. The molecule has 4 nitrogen and oxygen atoms in total. The molecule has 1 rings (SSSR count). The van der Waals surface area contributed by atoms with Crippen molar-refractivity contribution in [2.24, 2.45) is 5.73 Å². The van der Waals surface area contributed by atoms with E-state index in [4.69, 9.17) is 10.5 Å². The van der Waals surface area contributed by atoms with Crippen LogP contribution in [0.2, 0.25) is 0 Å². The first-order valence-corrected chi connectivity index (χ1v) is 5.50. The Morgan fingerprint density at radius 1 is 1.28 bits per heavy atom. The standard InChI is InChI=1S/C13H16FNO3/c1-9(16)13(15,8-14)7-11-3-5-12(6-4-11)18-10(2)17/h3-6H,7-8,15H2,1-2H3/t13-/m0/s1. The molecule has 0 heterocycles. The van der Waals surface area contributed by atoms with E-state index in [1.807, 2.05) is 0 Å². The van der Waals surface area contributed by atoms with Crippen molar-refractivity contribution in [3.8, 4) is 5.75 Å². The molecule has 5 heteroatoms. The van der Waals surface area contributed by atoms with Gasteiger partial charge in [0.2, 0.25) is 0 Å². The maximum atomic E-state index is 12.8. The fourth-order valence-corrected chi connectivity index (χ4v) is 1.47. The van der Waals surface area contributed by atoms with Crippen LogP contribution in [0.25, 0.3) is 0 Å². The molecule has 1 atom stereocenters. The molecule has 1 aromatic rings. The topological polar surface area (TPSA) is 69.4 Å². The van der Waals surface area contributed by atoms with Gasteiger partial charge < -0.3 is 10.5 Å². The minimum absolute atomic E-state index is 0.110. The molecule has 98 valence electrons. The van der Waals surface area contributed by atoms with E-state index in [-0.39, 0.29) is 6.42 Å². The fraction of sp³-hybridized carbons (Fsp3) is 0.385. The highest BCUT2D eigenvalue weighted by Gasteiger charge is 2.30. The lowest BCUT2D eigenvalue weighted by molar-refractivity contribution is -0.131. The molecular formula is C13H16FNO3. The third-order valence-electron chi connectivity index (χ3n) is 2.64. The van der Waals surface area contributed by atoms with Crippen LogP contribution < -0.4 is 10.5 Å². The number of benzene rings is 1. The molecule has 0 aliphatic carbocycles. The largest absolute Gasteiger partial charge is 0.427 e. The van der Waals surface area contributed by atoms with Crippen LogP contribution in [0, 0.1) is 0 Å². The Morgan fingerprint density at radius 2 is 1.83 bits per heavy atom. The summed E-state index contributed by atoms with van der Waals surface area (Å²) in [7, 11) is 0. The summed E-state index contributed by atoms with van der Waals surface area (Å²) in [6.07, 6.45) is 0.110. The summed E-state index contributed by atoms with van der Waals surface area (Å²) in [4.78, 5) is 22.0. The quantitative estimate of drug-likeness (QED) is 0.636. The number of esters is 1. The molecule has 2 N–H and O–H groups in total. The van der Waals surface area contributed by atoms with Gasteiger partial charge in [0.25, 0.3) is 0 Å². The average Bonchev–Trinajstić information content (AvgIpc) is 2.30. The van der Waals surface area contributed by atoms with Crippen LogP contribution in [-0.2, 0) is 16.0 Å². The second-order valence-corrected chi connectivity index (χ2v) is 4.26. The number of nitrogens with two attached hydrogens (primary N) is 1. The third-order valence-corrected chi connectivity index (χ3v) is 2.64. The molecule has 0 fully saturated rings. The summed E-state index contributed by atoms with van der Waals surface area (Å²) < 4.78 is 17.7. The van der Waals surface area contributed by atoms with Gasteiger partial charge in [-0.1, -0.05) is 12.1 Å². The molecule has 0 aliphatic rings. The lowest BCUT2D eigenvalue weighted by Gasteiger charge is -2.22. The van der Waals surface area contributed by atoms with Gasteiger partial charge in [-0.05, 0) is 24.6 Å². The molecule has 1 aromatic carbocycles. The van der Waals surface area contributed by atoms with Gasteiger partial charge in [0.15, 0.2) is 5.78 Å². The Bertz CT molecular complexity index is 444. The van der Waals surface area contributed by atoms with Crippen LogP contribution in [0.1, 0.15) is 19.4 Å². The van der Waals surface area contributed by atoms with Crippen LogP contribution >= 0.6 is 0 Å². The Hall–Kier alpha value is -1.75. The van der Waals surface area contributed by atoms with Crippen LogP contribution in [-0.4, -0.2) is 24.0 Å². The normalized spacial score (nSPS) is 13.8. The Balaban J connectivity index is 2.80. The number of carbonyl (C=O) groups excluding carboxylic acids is 2. The number of rotatable bonds is 5. The summed E-state index contributed by atoms with van der Waals surface area (Å²) in [5.41, 5.74) is 4.91.